The van der Waals surface area contributed by atoms with Crippen molar-refractivity contribution in [1.29, 1.82) is 0 Å². The molecule has 5 rings (SSSR count). The molecule has 0 aromatic heterocycles. The van der Waals surface area contributed by atoms with Gasteiger partial charge in [0.05, 0.1) is 13.2 Å². The number of carbonyl (C=O) groups excluding carboxylic acids is 1. The Kier molecular flexibility index (Phi) is 13.6. The van der Waals surface area contributed by atoms with Gasteiger partial charge in [0.1, 0.15) is 0 Å². The van der Waals surface area contributed by atoms with Crippen LogP contribution in [0.5, 0.6) is 0 Å². The van der Waals surface area contributed by atoms with Crippen LogP contribution in [0.4, 0.5) is 0 Å². The summed E-state index contributed by atoms with van der Waals surface area (Å²) in [4.78, 5) is 13.9. The van der Waals surface area contributed by atoms with Crippen molar-refractivity contribution in [1.82, 2.24) is 0 Å². The van der Waals surface area contributed by atoms with Gasteiger partial charge in [-0.25, -0.2) is 4.79 Å². The first-order valence-corrected chi connectivity index (χ1v) is 23.6. The highest BCUT2D eigenvalue weighted by molar-refractivity contribution is 7.00. The minimum Gasteiger partial charge on any atom is -0.451 e. The van der Waals surface area contributed by atoms with Gasteiger partial charge in [0, 0.05) is 12.0 Å². The highest BCUT2D eigenvalue weighted by Gasteiger charge is 2.56. The number of esters is 1. The van der Waals surface area contributed by atoms with E-state index in [0.717, 1.165) is 18.4 Å². The van der Waals surface area contributed by atoms with E-state index >= 15 is 0 Å². The van der Waals surface area contributed by atoms with Crippen molar-refractivity contribution in [3.8, 4) is 0 Å². The summed E-state index contributed by atoms with van der Waals surface area (Å²) < 4.78 is 21.7. The summed E-state index contributed by atoms with van der Waals surface area (Å²) >= 11 is 0. The number of allylic oxidation sites excluding steroid dienone is 1. The summed E-state index contributed by atoms with van der Waals surface area (Å²) in [6.07, 6.45) is 10.8. The monoisotopic (exact) mass is 746 g/mol. The van der Waals surface area contributed by atoms with Gasteiger partial charge in [-0.15, -0.1) is 0 Å². The summed E-state index contributed by atoms with van der Waals surface area (Å²) in [6, 6.07) is 42.8. The van der Waals surface area contributed by atoms with Crippen LogP contribution in [0.1, 0.15) is 99.8 Å². The zero-order valence-electron chi connectivity index (χ0n) is 33.3. The molecule has 1 aliphatic heterocycles. The van der Waals surface area contributed by atoms with Gasteiger partial charge >= 0.3 is 5.97 Å². The fourth-order valence-corrected chi connectivity index (χ4v) is 17.5. The Hall–Kier alpha value is -3.56. The van der Waals surface area contributed by atoms with Crippen molar-refractivity contribution in [2.24, 2.45) is 0 Å². The van der Waals surface area contributed by atoms with Crippen molar-refractivity contribution in [2.75, 3.05) is 13.2 Å². The van der Waals surface area contributed by atoms with Gasteiger partial charge in [0.25, 0.3) is 16.6 Å². The first-order chi connectivity index (χ1) is 25.4. The van der Waals surface area contributed by atoms with E-state index in [4.69, 9.17) is 13.6 Å². The second-order valence-electron chi connectivity index (χ2n) is 16.9. The Labute approximate surface area is 322 Å². The fraction of sp³-hybridized carbons (Fsp3) is 0.426. The van der Waals surface area contributed by atoms with E-state index in [0.29, 0.717) is 6.42 Å². The number of hydrogen-bond donors (Lipinski definition) is 0. The fourth-order valence-electron chi connectivity index (χ4n) is 8.28. The normalized spacial score (nSPS) is 15.8. The molecule has 0 atom stereocenters. The molecular formula is C47H62O4Si2. The van der Waals surface area contributed by atoms with E-state index in [2.05, 4.69) is 176 Å². The average Bonchev–Trinajstić information content (AvgIpc) is 3.47. The lowest BCUT2D eigenvalue weighted by Gasteiger charge is -2.46. The van der Waals surface area contributed by atoms with Gasteiger partial charge < -0.3 is 13.6 Å². The van der Waals surface area contributed by atoms with Crippen LogP contribution in [0, 0.1) is 0 Å². The molecule has 1 saturated heterocycles. The summed E-state index contributed by atoms with van der Waals surface area (Å²) in [5.74, 6) is -0.243. The second kappa shape index (κ2) is 17.7. The van der Waals surface area contributed by atoms with Crippen LogP contribution in [-0.2, 0) is 18.4 Å². The van der Waals surface area contributed by atoms with Crippen LogP contribution in [0.3, 0.4) is 0 Å². The lowest BCUT2D eigenvalue weighted by Crippen LogP contribution is -2.69. The van der Waals surface area contributed by atoms with Crippen LogP contribution in [0.15, 0.2) is 133 Å². The van der Waals surface area contributed by atoms with Gasteiger partial charge in [-0.05, 0) is 43.7 Å². The lowest BCUT2D eigenvalue weighted by molar-refractivity contribution is -0.152. The highest BCUT2D eigenvalue weighted by Crippen LogP contribution is 2.42. The lowest BCUT2D eigenvalue weighted by atomic mass is 9.98. The first kappa shape index (κ1) is 40.6. The smallest absolute Gasteiger partial charge is 0.334 e. The van der Waals surface area contributed by atoms with Crippen LogP contribution in [0.2, 0.25) is 10.1 Å². The predicted octanol–water partition coefficient (Wildman–Crippen LogP) is 9.50. The predicted molar refractivity (Wildman–Crippen MR) is 227 cm³/mol. The summed E-state index contributed by atoms with van der Waals surface area (Å²) in [7, 11) is -5.90. The van der Waals surface area contributed by atoms with Gasteiger partial charge in [0.2, 0.25) is 0 Å². The zero-order chi connectivity index (χ0) is 38.0. The Balaban J connectivity index is 1.58. The van der Waals surface area contributed by atoms with Gasteiger partial charge in [-0.2, -0.15) is 0 Å². The molecule has 4 aromatic carbocycles. The van der Waals surface area contributed by atoms with Crippen molar-refractivity contribution in [3.63, 3.8) is 0 Å². The molecule has 0 amide bonds. The molecule has 0 aliphatic carbocycles. The molecule has 0 saturated carbocycles. The molecular weight excluding hydrogens is 685 g/mol. The maximum Gasteiger partial charge on any atom is 0.334 e. The minimum atomic E-state index is -2.95. The van der Waals surface area contributed by atoms with E-state index in [-0.39, 0.29) is 29.3 Å². The summed E-state index contributed by atoms with van der Waals surface area (Å²) in [5.41, 5.74) is -0.250. The Morgan fingerprint density at radius 1 is 0.585 bits per heavy atom. The number of ether oxygens (including phenoxy) is 1. The molecule has 53 heavy (non-hydrogen) atoms. The third-order valence-corrected chi connectivity index (χ3v) is 20.9. The molecule has 4 nitrogen and oxygen atoms in total. The molecule has 0 unspecified atom stereocenters. The maximum atomic E-state index is 13.9. The SMILES string of the molecule is CCCCCCCC/C=C1\CC(CO[Si](c2ccccc2)(c2ccccc2)C(C)(C)C)(CO[Si](c2ccccc2)(c2ccccc2)C(C)(C)C)OC1=O. The first-order valence-electron chi connectivity index (χ1n) is 19.8. The molecule has 282 valence electrons. The van der Waals surface area contributed by atoms with E-state index in [9.17, 15) is 4.79 Å². The van der Waals surface area contributed by atoms with Crippen LogP contribution < -0.4 is 20.7 Å². The van der Waals surface area contributed by atoms with E-state index in [1.807, 2.05) is 0 Å². The zero-order valence-corrected chi connectivity index (χ0v) is 35.3. The van der Waals surface area contributed by atoms with E-state index in [1.54, 1.807) is 0 Å². The van der Waals surface area contributed by atoms with Crippen molar-refractivity contribution in [3.05, 3.63) is 133 Å². The molecule has 1 fully saturated rings. The van der Waals surface area contributed by atoms with Gasteiger partial charge in [-0.3, -0.25) is 0 Å². The van der Waals surface area contributed by atoms with Crippen molar-refractivity contribution < 1.29 is 18.4 Å². The summed E-state index contributed by atoms with van der Waals surface area (Å²) in [6.45, 7) is 16.5. The molecule has 0 N–H and O–H groups in total. The third kappa shape index (κ3) is 9.05. The molecule has 0 radical (unpaired) electrons. The molecule has 1 aliphatic rings. The molecule has 4 aromatic rings. The highest BCUT2D eigenvalue weighted by atomic mass is 28.4. The quantitative estimate of drug-likeness (QED) is 0.0468. The second-order valence-corrected chi connectivity index (χ2v) is 25.6. The Morgan fingerprint density at radius 3 is 1.30 bits per heavy atom. The van der Waals surface area contributed by atoms with Gasteiger partial charge in [0.15, 0.2) is 5.60 Å². The Morgan fingerprint density at radius 2 is 0.943 bits per heavy atom. The van der Waals surface area contributed by atoms with Gasteiger partial charge in [-0.1, -0.05) is 208 Å². The number of benzene rings is 4. The number of unbranched alkanes of at least 4 members (excludes halogenated alkanes) is 6. The number of cyclic esters (lactones) is 1. The third-order valence-electron chi connectivity index (χ3n) is 11.0. The molecule has 1 heterocycles. The average molecular weight is 747 g/mol. The Bertz CT molecular complexity index is 1560. The van der Waals surface area contributed by atoms with E-state index in [1.165, 1.54) is 52.9 Å². The number of rotatable bonds is 17. The molecule has 0 bridgehead atoms. The van der Waals surface area contributed by atoms with Crippen molar-refractivity contribution >= 4 is 43.4 Å². The van der Waals surface area contributed by atoms with Crippen LogP contribution in [-0.4, -0.2) is 41.4 Å². The van der Waals surface area contributed by atoms with Crippen LogP contribution >= 0.6 is 0 Å². The molecule has 6 heteroatoms. The topological polar surface area (TPSA) is 44.8 Å². The number of hydrogen-bond acceptors (Lipinski definition) is 4. The van der Waals surface area contributed by atoms with E-state index < -0.39 is 22.2 Å². The minimum absolute atomic E-state index is 0.227. The van der Waals surface area contributed by atoms with Crippen LogP contribution in [0.25, 0.3) is 0 Å². The largest absolute Gasteiger partial charge is 0.451 e. The maximum absolute atomic E-state index is 13.9. The summed E-state index contributed by atoms with van der Waals surface area (Å²) in [5, 5.41) is 4.34. The van der Waals surface area contributed by atoms with Crippen molar-refractivity contribution in [2.45, 2.75) is 116 Å². The molecule has 0 spiro atoms. The standard InChI is InChI=1S/C47H62O4Si2/c1-8-9-10-11-12-13-18-27-39-36-47(51-44(39)48,37-49-52(45(2,3)4,40-28-19-14-20-29-40)41-30-21-15-22-31-41)38-50-53(46(5,6)7,42-32-23-16-24-33-42)43-34-25-17-26-35-43/h14-17,19-35H,8-13,18,36-38H2,1-7H3/b39-27+. The number of carbonyl (C=O) groups is 1.